The number of aromatic nitrogens is 2. The molecule has 13 heavy (non-hydrogen) atoms. The predicted molar refractivity (Wildman–Crippen MR) is 43.3 cm³/mol. The summed E-state index contributed by atoms with van der Waals surface area (Å²) in [5.74, 6) is 0.402. The van der Waals surface area contributed by atoms with E-state index < -0.39 is 4.92 Å². The second kappa shape index (κ2) is 3.14. The highest BCUT2D eigenvalue weighted by Crippen LogP contribution is 2.21. The summed E-state index contributed by atoms with van der Waals surface area (Å²) >= 11 is 0. The van der Waals surface area contributed by atoms with E-state index in [-0.39, 0.29) is 5.69 Å². The Balaban J connectivity index is 2.09. The van der Waals surface area contributed by atoms with Crippen molar-refractivity contribution >= 4 is 5.69 Å². The summed E-state index contributed by atoms with van der Waals surface area (Å²) in [6.07, 6.45) is 1.89. The van der Waals surface area contributed by atoms with E-state index in [0.29, 0.717) is 31.2 Å². The molecule has 1 aromatic heterocycles. The van der Waals surface area contributed by atoms with Crippen LogP contribution >= 0.6 is 0 Å². The third-order valence-electron chi connectivity index (χ3n) is 2.09. The Bertz CT molecular complexity index is 319. The molecule has 0 radical (unpaired) electrons. The van der Waals surface area contributed by atoms with Crippen LogP contribution in [0.4, 0.5) is 5.69 Å². The standard InChI is InChI=1S/C7H9N3O3/c11-10(12)7-2-8-9-6(7)1-5-3-13-4-5/h2,5H,1,3-4H2,(H,8,9). The Morgan fingerprint density at radius 1 is 1.77 bits per heavy atom. The van der Waals surface area contributed by atoms with Gasteiger partial charge < -0.3 is 4.74 Å². The molecule has 1 aromatic rings. The lowest BCUT2D eigenvalue weighted by Crippen LogP contribution is -2.29. The van der Waals surface area contributed by atoms with Crippen LogP contribution in [0.25, 0.3) is 0 Å². The van der Waals surface area contributed by atoms with Crippen LogP contribution in [0.15, 0.2) is 6.20 Å². The number of aromatic amines is 1. The van der Waals surface area contributed by atoms with Crippen LogP contribution < -0.4 is 0 Å². The summed E-state index contributed by atoms with van der Waals surface area (Å²) in [5, 5.41) is 16.8. The maximum atomic E-state index is 10.5. The van der Waals surface area contributed by atoms with Gasteiger partial charge in [-0.15, -0.1) is 0 Å². The topological polar surface area (TPSA) is 81.0 Å². The predicted octanol–water partition coefficient (Wildman–Crippen LogP) is 0.507. The summed E-state index contributed by atoms with van der Waals surface area (Å²) in [5.41, 5.74) is 0.671. The number of hydrogen-bond donors (Lipinski definition) is 1. The zero-order valence-corrected chi connectivity index (χ0v) is 6.90. The first-order valence-electron chi connectivity index (χ1n) is 4.01. The minimum absolute atomic E-state index is 0.0758. The molecule has 0 bridgehead atoms. The summed E-state index contributed by atoms with van der Waals surface area (Å²) in [6.45, 7) is 1.38. The van der Waals surface area contributed by atoms with Gasteiger partial charge in [0.1, 0.15) is 11.9 Å². The van der Waals surface area contributed by atoms with Crippen LogP contribution in [0.3, 0.4) is 0 Å². The monoisotopic (exact) mass is 183 g/mol. The zero-order valence-electron chi connectivity index (χ0n) is 6.90. The fraction of sp³-hybridized carbons (Fsp3) is 0.571. The number of nitrogens with zero attached hydrogens (tertiary/aromatic N) is 2. The van der Waals surface area contributed by atoms with Gasteiger partial charge in [0.25, 0.3) is 0 Å². The molecule has 0 amide bonds. The van der Waals surface area contributed by atoms with Crippen LogP contribution in [0.1, 0.15) is 5.69 Å². The third kappa shape index (κ3) is 1.52. The van der Waals surface area contributed by atoms with Gasteiger partial charge >= 0.3 is 5.69 Å². The molecule has 2 heterocycles. The van der Waals surface area contributed by atoms with E-state index in [1.165, 1.54) is 6.20 Å². The number of H-pyrrole nitrogens is 1. The second-order valence-electron chi connectivity index (χ2n) is 3.10. The smallest absolute Gasteiger partial charge is 0.309 e. The number of rotatable bonds is 3. The van der Waals surface area contributed by atoms with Crippen LogP contribution in [0.2, 0.25) is 0 Å². The minimum Gasteiger partial charge on any atom is -0.381 e. The van der Waals surface area contributed by atoms with Gasteiger partial charge in [0.2, 0.25) is 0 Å². The van der Waals surface area contributed by atoms with Crippen molar-refractivity contribution in [2.75, 3.05) is 13.2 Å². The van der Waals surface area contributed by atoms with E-state index in [2.05, 4.69) is 10.2 Å². The molecule has 6 heteroatoms. The fourth-order valence-corrected chi connectivity index (χ4v) is 1.31. The van der Waals surface area contributed by atoms with Crippen LogP contribution in [-0.4, -0.2) is 28.3 Å². The maximum absolute atomic E-state index is 10.5. The molecule has 0 spiro atoms. The van der Waals surface area contributed by atoms with Gasteiger partial charge in [-0.25, -0.2) is 0 Å². The molecule has 0 atom stereocenters. The number of ether oxygens (including phenoxy) is 1. The average molecular weight is 183 g/mol. The first-order valence-corrected chi connectivity index (χ1v) is 4.01. The highest BCUT2D eigenvalue weighted by Gasteiger charge is 2.24. The van der Waals surface area contributed by atoms with Crippen molar-refractivity contribution < 1.29 is 9.66 Å². The van der Waals surface area contributed by atoms with Gasteiger partial charge in [0.05, 0.1) is 18.1 Å². The van der Waals surface area contributed by atoms with E-state index in [0.717, 1.165) is 0 Å². The highest BCUT2D eigenvalue weighted by molar-refractivity contribution is 5.32. The summed E-state index contributed by atoms with van der Waals surface area (Å²) in [7, 11) is 0. The average Bonchev–Trinajstić information content (AvgIpc) is 2.44. The maximum Gasteiger partial charge on any atom is 0.309 e. The molecule has 2 rings (SSSR count). The first kappa shape index (κ1) is 8.18. The summed E-state index contributed by atoms with van der Waals surface area (Å²) < 4.78 is 4.98. The van der Waals surface area contributed by atoms with E-state index in [1.54, 1.807) is 0 Å². The molecule has 1 fully saturated rings. The SMILES string of the molecule is O=[N+]([O-])c1cn[nH]c1CC1COC1. The molecular weight excluding hydrogens is 174 g/mol. The van der Waals surface area contributed by atoms with Crippen molar-refractivity contribution in [2.24, 2.45) is 5.92 Å². The van der Waals surface area contributed by atoms with Crippen molar-refractivity contribution in [3.05, 3.63) is 22.0 Å². The summed E-state index contributed by atoms with van der Waals surface area (Å²) in [6, 6.07) is 0. The zero-order chi connectivity index (χ0) is 9.26. The Kier molecular flexibility index (Phi) is 1.97. The molecule has 1 saturated heterocycles. The van der Waals surface area contributed by atoms with Crippen molar-refractivity contribution in [3.8, 4) is 0 Å². The lowest BCUT2D eigenvalue weighted by Gasteiger charge is -2.24. The van der Waals surface area contributed by atoms with Crippen molar-refractivity contribution in [1.82, 2.24) is 10.2 Å². The molecule has 0 unspecified atom stereocenters. The van der Waals surface area contributed by atoms with Gasteiger partial charge in [-0.3, -0.25) is 15.2 Å². The molecule has 1 N–H and O–H groups in total. The molecule has 0 aromatic carbocycles. The van der Waals surface area contributed by atoms with E-state index in [9.17, 15) is 10.1 Å². The van der Waals surface area contributed by atoms with Gasteiger partial charge in [-0.2, -0.15) is 5.10 Å². The number of hydrogen-bond acceptors (Lipinski definition) is 4. The molecule has 6 nitrogen and oxygen atoms in total. The Morgan fingerprint density at radius 2 is 2.54 bits per heavy atom. The third-order valence-corrected chi connectivity index (χ3v) is 2.09. The van der Waals surface area contributed by atoms with Gasteiger partial charge in [0.15, 0.2) is 0 Å². The number of nitrogens with one attached hydrogen (secondary N) is 1. The van der Waals surface area contributed by atoms with Crippen molar-refractivity contribution in [1.29, 1.82) is 0 Å². The van der Waals surface area contributed by atoms with Gasteiger partial charge in [0, 0.05) is 12.3 Å². The molecule has 1 aliphatic heterocycles. The van der Waals surface area contributed by atoms with Crippen molar-refractivity contribution in [2.45, 2.75) is 6.42 Å². The van der Waals surface area contributed by atoms with Crippen molar-refractivity contribution in [3.63, 3.8) is 0 Å². The molecule has 1 aliphatic rings. The van der Waals surface area contributed by atoms with E-state index >= 15 is 0 Å². The lowest BCUT2D eigenvalue weighted by atomic mass is 10.0. The Morgan fingerprint density at radius 3 is 3.08 bits per heavy atom. The lowest BCUT2D eigenvalue weighted by molar-refractivity contribution is -0.385. The molecule has 0 saturated carbocycles. The minimum atomic E-state index is -0.418. The fourth-order valence-electron chi connectivity index (χ4n) is 1.31. The molecular formula is C7H9N3O3. The quantitative estimate of drug-likeness (QED) is 0.546. The van der Waals surface area contributed by atoms with Gasteiger partial charge in [-0.05, 0) is 0 Å². The molecule has 0 aliphatic carbocycles. The van der Waals surface area contributed by atoms with E-state index in [1.807, 2.05) is 0 Å². The Labute approximate surface area is 74.0 Å². The van der Waals surface area contributed by atoms with E-state index in [4.69, 9.17) is 4.74 Å². The number of nitro groups is 1. The highest BCUT2D eigenvalue weighted by atomic mass is 16.6. The summed E-state index contributed by atoms with van der Waals surface area (Å²) in [4.78, 5) is 10.1. The first-order chi connectivity index (χ1) is 6.27. The normalized spacial score (nSPS) is 16.9. The Hall–Kier alpha value is -1.43. The van der Waals surface area contributed by atoms with Gasteiger partial charge in [-0.1, -0.05) is 0 Å². The van der Waals surface area contributed by atoms with Crippen LogP contribution in [0, 0.1) is 16.0 Å². The second-order valence-corrected chi connectivity index (χ2v) is 3.10. The largest absolute Gasteiger partial charge is 0.381 e. The molecule has 70 valence electrons. The van der Waals surface area contributed by atoms with Crippen LogP contribution in [-0.2, 0) is 11.2 Å². The van der Waals surface area contributed by atoms with Crippen LogP contribution in [0.5, 0.6) is 0 Å².